The Morgan fingerprint density at radius 3 is 2.61 bits per heavy atom. The lowest BCUT2D eigenvalue weighted by molar-refractivity contribution is 0.403. The molecule has 2 aromatic carbocycles. The monoisotopic (exact) mass is 307 g/mol. The zero-order valence-corrected chi connectivity index (χ0v) is 12.9. The first-order valence-corrected chi connectivity index (χ1v) is 7.22. The van der Waals surface area contributed by atoms with E-state index in [9.17, 15) is 10.2 Å². The maximum absolute atomic E-state index is 9.45. The predicted octanol–water partition coefficient (Wildman–Crippen LogP) is 3.71. The van der Waals surface area contributed by atoms with Crippen molar-refractivity contribution < 1.29 is 10.2 Å². The molecule has 3 N–H and O–H groups in total. The van der Waals surface area contributed by atoms with Crippen molar-refractivity contribution in [2.45, 2.75) is 13.8 Å². The highest BCUT2D eigenvalue weighted by Crippen LogP contribution is 2.24. The second-order valence-electron chi connectivity index (χ2n) is 5.46. The Morgan fingerprint density at radius 1 is 1.00 bits per heavy atom. The molecule has 5 nitrogen and oxygen atoms in total. The van der Waals surface area contributed by atoms with Crippen molar-refractivity contribution in [1.29, 1.82) is 0 Å². The number of aryl methyl sites for hydroxylation is 2. The molecular weight excluding hydrogens is 290 g/mol. The Hall–Kier alpha value is -3.08. The second-order valence-corrected chi connectivity index (χ2v) is 5.46. The van der Waals surface area contributed by atoms with E-state index >= 15 is 0 Å². The van der Waals surface area contributed by atoms with Crippen molar-refractivity contribution in [3.63, 3.8) is 0 Å². The first-order chi connectivity index (χ1) is 11.0. The molecule has 1 heterocycles. The SMILES string of the molecule is Cc1ccc2nc(N/N=C\c3ccc(O)c(O)c3)cc(C)c2c1. The molecule has 23 heavy (non-hydrogen) atoms. The van der Waals surface area contributed by atoms with Crippen LogP contribution in [0.2, 0.25) is 0 Å². The van der Waals surface area contributed by atoms with Crippen LogP contribution in [-0.2, 0) is 0 Å². The lowest BCUT2D eigenvalue weighted by atomic mass is 10.1. The number of nitrogens with zero attached hydrogens (tertiary/aromatic N) is 2. The minimum atomic E-state index is -0.177. The summed E-state index contributed by atoms with van der Waals surface area (Å²) >= 11 is 0. The molecule has 0 saturated heterocycles. The van der Waals surface area contributed by atoms with Gasteiger partial charge in [0.1, 0.15) is 5.82 Å². The third-order valence-electron chi connectivity index (χ3n) is 3.56. The molecule has 0 bridgehead atoms. The van der Waals surface area contributed by atoms with Gasteiger partial charge in [-0.25, -0.2) is 4.98 Å². The van der Waals surface area contributed by atoms with Gasteiger partial charge in [-0.15, -0.1) is 0 Å². The molecule has 0 saturated carbocycles. The van der Waals surface area contributed by atoms with E-state index in [1.54, 1.807) is 12.3 Å². The molecule has 3 aromatic rings. The number of pyridine rings is 1. The van der Waals surface area contributed by atoms with Crippen LogP contribution < -0.4 is 5.43 Å². The van der Waals surface area contributed by atoms with Crippen LogP contribution in [0, 0.1) is 13.8 Å². The number of hydrogen-bond donors (Lipinski definition) is 3. The average Bonchev–Trinajstić information content (AvgIpc) is 2.52. The molecule has 116 valence electrons. The number of benzene rings is 2. The largest absolute Gasteiger partial charge is 0.504 e. The van der Waals surface area contributed by atoms with Crippen molar-refractivity contribution in [2.24, 2.45) is 5.10 Å². The van der Waals surface area contributed by atoms with E-state index in [1.807, 2.05) is 25.1 Å². The number of rotatable bonds is 3. The topological polar surface area (TPSA) is 77.7 Å². The highest BCUT2D eigenvalue weighted by Gasteiger charge is 2.03. The number of hydrogen-bond acceptors (Lipinski definition) is 5. The van der Waals surface area contributed by atoms with Crippen LogP contribution in [0.5, 0.6) is 11.5 Å². The van der Waals surface area contributed by atoms with Gasteiger partial charge in [-0.3, -0.25) is 5.43 Å². The molecule has 0 spiro atoms. The standard InChI is InChI=1S/C18H17N3O2/c1-11-3-5-15-14(7-11)12(2)8-18(20-15)21-19-10-13-4-6-16(22)17(23)9-13/h3-10,22-23H,1-2H3,(H,20,21)/b19-10-. The third-order valence-corrected chi connectivity index (χ3v) is 3.56. The zero-order valence-electron chi connectivity index (χ0n) is 12.9. The molecule has 0 fully saturated rings. The Bertz CT molecular complexity index is 904. The van der Waals surface area contributed by atoms with Gasteiger partial charge in [-0.2, -0.15) is 5.10 Å². The fourth-order valence-electron chi connectivity index (χ4n) is 2.36. The minimum absolute atomic E-state index is 0.155. The number of phenolic OH excluding ortho intramolecular Hbond substituents is 2. The summed E-state index contributed by atoms with van der Waals surface area (Å²) in [6.45, 7) is 4.10. The lowest BCUT2D eigenvalue weighted by Gasteiger charge is -2.06. The van der Waals surface area contributed by atoms with E-state index in [2.05, 4.69) is 28.5 Å². The first-order valence-electron chi connectivity index (χ1n) is 7.22. The molecule has 0 amide bonds. The Morgan fingerprint density at radius 2 is 1.83 bits per heavy atom. The summed E-state index contributed by atoms with van der Waals surface area (Å²) in [6.07, 6.45) is 1.55. The van der Waals surface area contributed by atoms with Gasteiger partial charge in [0.25, 0.3) is 0 Å². The number of anilines is 1. The molecule has 0 aliphatic rings. The summed E-state index contributed by atoms with van der Waals surface area (Å²) in [7, 11) is 0. The van der Waals surface area contributed by atoms with Gasteiger partial charge in [0.05, 0.1) is 11.7 Å². The average molecular weight is 307 g/mol. The molecular formula is C18H17N3O2. The maximum Gasteiger partial charge on any atom is 0.158 e. The number of aromatic nitrogens is 1. The first kappa shape index (κ1) is 14.8. The van der Waals surface area contributed by atoms with Gasteiger partial charge in [0.2, 0.25) is 0 Å². The van der Waals surface area contributed by atoms with E-state index in [4.69, 9.17) is 0 Å². The highest BCUT2D eigenvalue weighted by molar-refractivity contribution is 5.85. The van der Waals surface area contributed by atoms with Crippen LogP contribution in [-0.4, -0.2) is 21.4 Å². The van der Waals surface area contributed by atoms with Crippen LogP contribution in [0.3, 0.4) is 0 Å². The lowest BCUT2D eigenvalue weighted by Crippen LogP contribution is -1.95. The van der Waals surface area contributed by atoms with Crippen LogP contribution >= 0.6 is 0 Å². The van der Waals surface area contributed by atoms with E-state index in [1.165, 1.54) is 17.7 Å². The fraction of sp³-hybridized carbons (Fsp3) is 0.111. The van der Waals surface area contributed by atoms with Gasteiger partial charge in [0, 0.05) is 5.39 Å². The van der Waals surface area contributed by atoms with Gasteiger partial charge >= 0.3 is 0 Å². The van der Waals surface area contributed by atoms with Crippen molar-refractivity contribution >= 4 is 22.9 Å². The third kappa shape index (κ3) is 3.23. The molecule has 0 unspecified atom stereocenters. The van der Waals surface area contributed by atoms with Gasteiger partial charge in [-0.1, -0.05) is 11.6 Å². The Kier molecular flexibility index (Phi) is 3.85. The molecule has 5 heteroatoms. The number of nitrogens with one attached hydrogen (secondary N) is 1. The van der Waals surface area contributed by atoms with Gasteiger partial charge in [0.15, 0.2) is 11.5 Å². The van der Waals surface area contributed by atoms with E-state index in [-0.39, 0.29) is 11.5 Å². The van der Waals surface area contributed by atoms with E-state index < -0.39 is 0 Å². The number of hydrazone groups is 1. The van der Waals surface area contributed by atoms with Crippen LogP contribution in [0.25, 0.3) is 10.9 Å². The second kappa shape index (κ2) is 5.96. The van der Waals surface area contributed by atoms with Crippen LogP contribution in [0.15, 0.2) is 47.6 Å². The smallest absolute Gasteiger partial charge is 0.158 e. The van der Waals surface area contributed by atoms with Crippen molar-refractivity contribution in [3.8, 4) is 11.5 Å². The number of phenols is 2. The summed E-state index contributed by atoms with van der Waals surface area (Å²) in [6, 6.07) is 12.6. The Balaban J connectivity index is 1.82. The molecule has 0 radical (unpaired) electrons. The van der Waals surface area contributed by atoms with E-state index in [0.29, 0.717) is 11.4 Å². The summed E-state index contributed by atoms with van der Waals surface area (Å²) in [5.41, 5.74) is 6.79. The van der Waals surface area contributed by atoms with Gasteiger partial charge in [-0.05, 0) is 61.4 Å². The highest BCUT2D eigenvalue weighted by atomic mass is 16.3. The number of fused-ring (bicyclic) bond motifs is 1. The van der Waals surface area contributed by atoms with Crippen molar-refractivity contribution in [2.75, 3.05) is 5.43 Å². The number of aromatic hydroxyl groups is 2. The molecule has 0 atom stereocenters. The summed E-state index contributed by atoms with van der Waals surface area (Å²) in [5.74, 6) is 0.319. The van der Waals surface area contributed by atoms with Crippen molar-refractivity contribution in [3.05, 3.63) is 59.2 Å². The van der Waals surface area contributed by atoms with Crippen molar-refractivity contribution in [1.82, 2.24) is 4.98 Å². The zero-order chi connectivity index (χ0) is 16.4. The molecule has 0 aliphatic carbocycles. The molecule has 3 rings (SSSR count). The summed E-state index contributed by atoms with van der Waals surface area (Å²) < 4.78 is 0. The Labute approximate surface area is 133 Å². The van der Waals surface area contributed by atoms with Crippen LogP contribution in [0.4, 0.5) is 5.82 Å². The fourth-order valence-corrected chi connectivity index (χ4v) is 2.36. The van der Waals surface area contributed by atoms with E-state index in [0.717, 1.165) is 16.5 Å². The predicted molar refractivity (Wildman–Crippen MR) is 92.2 cm³/mol. The minimum Gasteiger partial charge on any atom is -0.504 e. The normalized spacial score (nSPS) is 11.2. The van der Waals surface area contributed by atoms with Gasteiger partial charge < -0.3 is 10.2 Å². The molecule has 0 aliphatic heterocycles. The maximum atomic E-state index is 9.45. The summed E-state index contributed by atoms with van der Waals surface area (Å²) in [5, 5.41) is 24.0. The van der Waals surface area contributed by atoms with Crippen LogP contribution in [0.1, 0.15) is 16.7 Å². The molecule has 1 aromatic heterocycles. The quantitative estimate of drug-likeness (QED) is 0.391. The summed E-state index contributed by atoms with van der Waals surface area (Å²) in [4.78, 5) is 4.53.